The predicted octanol–water partition coefficient (Wildman–Crippen LogP) is 3.24. The van der Waals surface area contributed by atoms with Crippen LogP contribution in [0.1, 0.15) is 15.4 Å². The number of benzene rings is 1. The third kappa shape index (κ3) is 4.03. The van der Waals surface area contributed by atoms with Crippen LogP contribution in [0.2, 0.25) is 0 Å². The molecular formula is C15H12FN3O4S2. The fourth-order valence-corrected chi connectivity index (χ4v) is 4.17. The number of anilines is 2. The molecule has 7 nitrogen and oxygen atoms in total. The largest absolute Gasteiger partial charge is 0.360 e. The summed E-state index contributed by atoms with van der Waals surface area (Å²) in [5.74, 6) is -0.304. The molecule has 25 heavy (non-hydrogen) atoms. The number of rotatable bonds is 5. The summed E-state index contributed by atoms with van der Waals surface area (Å²) in [6.07, 6.45) is 0. The van der Waals surface area contributed by atoms with E-state index in [0.29, 0.717) is 5.76 Å². The van der Waals surface area contributed by atoms with E-state index in [1.807, 2.05) is 0 Å². The molecule has 3 rings (SSSR count). The first-order valence-corrected chi connectivity index (χ1v) is 9.31. The highest BCUT2D eigenvalue weighted by atomic mass is 32.2. The number of aromatic nitrogens is 1. The number of amides is 1. The summed E-state index contributed by atoms with van der Waals surface area (Å²) in [5.41, 5.74) is 0.0928. The smallest absolute Gasteiger partial charge is 0.267 e. The fraction of sp³-hybridized carbons (Fsp3) is 0.0667. The summed E-state index contributed by atoms with van der Waals surface area (Å²) < 4.78 is 44.9. The summed E-state index contributed by atoms with van der Waals surface area (Å²) in [6, 6.07) is 7.84. The number of sulfonamides is 1. The molecule has 0 aliphatic heterocycles. The van der Waals surface area contributed by atoms with E-state index >= 15 is 0 Å². The molecule has 0 atom stereocenters. The number of thiophene rings is 1. The average molecular weight is 381 g/mol. The molecule has 0 spiro atoms. The first-order chi connectivity index (χ1) is 11.8. The van der Waals surface area contributed by atoms with Gasteiger partial charge in [0.25, 0.3) is 15.9 Å². The molecule has 0 radical (unpaired) electrons. The van der Waals surface area contributed by atoms with Gasteiger partial charge in [0, 0.05) is 11.4 Å². The van der Waals surface area contributed by atoms with Crippen molar-refractivity contribution in [2.75, 3.05) is 10.0 Å². The molecule has 0 saturated carbocycles. The van der Waals surface area contributed by atoms with Crippen molar-refractivity contribution in [3.63, 3.8) is 0 Å². The van der Waals surface area contributed by atoms with Gasteiger partial charge in [0.05, 0.1) is 15.5 Å². The lowest BCUT2D eigenvalue weighted by atomic mass is 10.3. The lowest BCUT2D eigenvalue weighted by Gasteiger charge is -2.06. The zero-order valence-corrected chi connectivity index (χ0v) is 14.4. The number of hydrogen-bond donors (Lipinski definition) is 2. The van der Waals surface area contributed by atoms with Gasteiger partial charge in [-0.05, 0) is 31.2 Å². The summed E-state index contributed by atoms with van der Waals surface area (Å²) >= 11 is 0.961. The zero-order chi connectivity index (χ0) is 18.0. The quantitative estimate of drug-likeness (QED) is 0.706. The monoisotopic (exact) mass is 381 g/mol. The van der Waals surface area contributed by atoms with Crippen LogP contribution in [0.4, 0.5) is 15.9 Å². The van der Waals surface area contributed by atoms with Gasteiger partial charge in [0.1, 0.15) is 11.6 Å². The van der Waals surface area contributed by atoms with E-state index in [0.717, 1.165) is 17.4 Å². The second-order valence-electron chi connectivity index (χ2n) is 5.04. The van der Waals surface area contributed by atoms with E-state index in [2.05, 4.69) is 15.2 Å². The number of nitrogens with zero attached hydrogens (tertiary/aromatic N) is 1. The van der Waals surface area contributed by atoms with Gasteiger partial charge in [0.2, 0.25) is 0 Å². The Bertz CT molecular complexity index is 1030. The molecule has 0 bridgehead atoms. The van der Waals surface area contributed by atoms with Gasteiger partial charge in [-0.2, -0.15) is 0 Å². The van der Waals surface area contributed by atoms with Gasteiger partial charge >= 0.3 is 0 Å². The van der Waals surface area contributed by atoms with Crippen molar-refractivity contribution < 1.29 is 22.1 Å². The molecule has 2 N–H and O–H groups in total. The standard InChI is InChI=1S/C15H12FN3O4S2/c1-9-5-14(18-23-9)17-15(20)13-7-12(8-24-13)25(21,22)19-11-4-2-3-10(16)6-11/h2-8,19H,1H3,(H,17,18,20). The van der Waals surface area contributed by atoms with Crippen LogP contribution in [0.3, 0.4) is 0 Å². The van der Waals surface area contributed by atoms with Crippen LogP contribution >= 0.6 is 11.3 Å². The van der Waals surface area contributed by atoms with Crippen LogP contribution in [0.25, 0.3) is 0 Å². The molecule has 10 heteroatoms. The Labute approximate surface area is 146 Å². The Hall–Kier alpha value is -2.72. The molecule has 1 aromatic carbocycles. The third-order valence-electron chi connectivity index (χ3n) is 3.06. The topological polar surface area (TPSA) is 101 Å². The number of aryl methyl sites for hydroxylation is 1. The first-order valence-electron chi connectivity index (χ1n) is 6.95. The van der Waals surface area contributed by atoms with E-state index in [1.165, 1.54) is 35.7 Å². The normalized spacial score (nSPS) is 11.3. The molecular weight excluding hydrogens is 369 g/mol. The molecule has 1 amide bonds. The number of nitrogens with one attached hydrogen (secondary N) is 2. The maximum atomic E-state index is 13.2. The lowest BCUT2D eigenvalue weighted by Crippen LogP contribution is -2.13. The fourth-order valence-electron chi connectivity index (χ4n) is 1.95. The summed E-state index contributed by atoms with van der Waals surface area (Å²) in [4.78, 5) is 12.2. The molecule has 0 saturated heterocycles. The molecule has 3 aromatic rings. The Morgan fingerprint density at radius 3 is 2.76 bits per heavy atom. The lowest BCUT2D eigenvalue weighted by molar-refractivity contribution is 0.102. The minimum absolute atomic E-state index is 0.0928. The number of hydrogen-bond acceptors (Lipinski definition) is 6. The summed E-state index contributed by atoms with van der Waals surface area (Å²) in [7, 11) is -3.93. The van der Waals surface area contributed by atoms with Crippen LogP contribution < -0.4 is 10.0 Å². The number of halogens is 1. The maximum absolute atomic E-state index is 13.2. The van der Waals surface area contributed by atoms with Crippen molar-refractivity contribution in [1.82, 2.24) is 5.16 Å². The molecule has 130 valence electrons. The Morgan fingerprint density at radius 1 is 1.28 bits per heavy atom. The minimum Gasteiger partial charge on any atom is -0.360 e. The van der Waals surface area contributed by atoms with E-state index in [4.69, 9.17) is 4.52 Å². The third-order valence-corrected chi connectivity index (χ3v) is 5.49. The van der Waals surface area contributed by atoms with Crippen molar-refractivity contribution in [1.29, 1.82) is 0 Å². The highest BCUT2D eigenvalue weighted by molar-refractivity contribution is 7.92. The summed E-state index contributed by atoms with van der Waals surface area (Å²) in [6.45, 7) is 1.68. The van der Waals surface area contributed by atoms with Crippen LogP contribution in [0.15, 0.2) is 51.2 Å². The van der Waals surface area contributed by atoms with Crippen molar-refractivity contribution in [2.24, 2.45) is 0 Å². The van der Waals surface area contributed by atoms with Gasteiger partial charge < -0.3 is 9.84 Å². The second-order valence-corrected chi connectivity index (χ2v) is 7.63. The molecule has 0 aliphatic rings. The number of carbonyl (C=O) groups is 1. The van der Waals surface area contributed by atoms with E-state index in [1.54, 1.807) is 6.92 Å². The summed E-state index contributed by atoms with van der Waals surface area (Å²) in [5, 5.41) is 7.46. The Kier molecular flexibility index (Phi) is 4.55. The van der Waals surface area contributed by atoms with Gasteiger partial charge in [-0.3, -0.25) is 9.52 Å². The molecule has 0 unspecified atom stereocenters. The molecule has 2 aromatic heterocycles. The Morgan fingerprint density at radius 2 is 2.08 bits per heavy atom. The SMILES string of the molecule is Cc1cc(NC(=O)c2cc(S(=O)(=O)Nc3cccc(F)c3)cs2)no1. The van der Waals surface area contributed by atoms with Gasteiger partial charge in [-0.25, -0.2) is 12.8 Å². The molecule has 0 fully saturated rings. The predicted molar refractivity (Wildman–Crippen MR) is 90.7 cm³/mol. The number of carbonyl (C=O) groups excluding carboxylic acids is 1. The maximum Gasteiger partial charge on any atom is 0.267 e. The first kappa shape index (κ1) is 17.1. The Balaban J connectivity index is 1.76. The van der Waals surface area contributed by atoms with E-state index < -0.39 is 21.7 Å². The highest BCUT2D eigenvalue weighted by Crippen LogP contribution is 2.23. The average Bonchev–Trinajstić information content (AvgIpc) is 3.16. The minimum atomic E-state index is -3.93. The van der Waals surface area contributed by atoms with Crippen LogP contribution in [-0.4, -0.2) is 19.5 Å². The molecule has 2 heterocycles. The van der Waals surface area contributed by atoms with E-state index in [-0.39, 0.29) is 21.3 Å². The van der Waals surface area contributed by atoms with Crippen molar-refractivity contribution >= 4 is 38.8 Å². The van der Waals surface area contributed by atoms with Crippen molar-refractivity contribution in [2.45, 2.75) is 11.8 Å². The van der Waals surface area contributed by atoms with Crippen molar-refractivity contribution in [3.8, 4) is 0 Å². The van der Waals surface area contributed by atoms with Crippen molar-refractivity contribution in [3.05, 3.63) is 58.2 Å². The van der Waals surface area contributed by atoms with Crippen LogP contribution in [0.5, 0.6) is 0 Å². The van der Waals surface area contributed by atoms with Crippen LogP contribution in [-0.2, 0) is 10.0 Å². The highest BCUT2D eigenvalue weighted by Gasteiger charge is 2.20. The van der Waals surface area contributed by atoms with Gasteiger partial charge in [-0.1, -0.05) is 11.2 Å². The van der Waals surface area contributed by atoms with Gasteiger partial charge in [-0.15, -0.1) is 11.3 Å². The van der Waals surface area contributed by atoms with Gasteiger partial charge in [0.15, 0.2) is 5.82 Å². The zero-order valence-electron chi connectivity index (χ0n) is 12.8. The van der Waals surface area contributed by atoms with Crippen LogP contribution in [0, 0.1) is 12.7 Å². The second kappa shape index (κ2) is 6.65. The molecule has 0 aliphatic carbocycles. The van der Waals surface area contributed by atoms with E-state index in [9.17, 15) is 17.6 Å².